The Kier molecular flexibility index (Phi) is 4.13. The third kappa shape index (κ3) is 2.69. The second-order valence-corrected chi connectivity index (χ2v) is 6.46. The first-order valence-electron chi connectivity index (χ1n) is 7.61. The average Bonchev–Trinajstić information content (AvgIpc) is 2.37. The van der Waals surface area contributed by atoms with Crippen LogP contribution in [0, 0.1) is 6.92 Å². The van der Waals surface area contributed by atoms with Crippen molar-refractivity contribution in [3.8, 4) is 0 Å². The minimum atomic E-state index is -0.743. The Labute approximate surface area is 127 Å². The topological polar surface area (TPSA) is 40.5 Å². The number of carboxylic acid groups (broad SMARTS) is 1. The fourth-order valence-corrected chi connectivity index (χ4v) is 3.46. The molecule has 0 saturated carbocycles. The molecule has 1 aromatic rings. The van der Waals surface area contributed by atoms with Crippen molar-refractivity contribution in [1.29, 1.82) is 0 Å². The molecule has 0 bridgehead atoms. The summed E-state index contributed by atoms with van der Waals surface area (Å²) in [5.41, 5.74) is 4.27. The molecule has 0 aliphatic carbocycles. The fraction of sp³-hybridized carbons (Fsp3) is 0.500. The highest BCUT2D eigenvalue weighted by Gasteiger charge is 2.39. The van der Waals surface area contributed by atoms with Crippen molar-refractivity contribution in [2.75, 3.05) is 4.90 Å². The van der Waals surface area contributed by atoms with Gasteiger partial charge in [0.25, 0.3) is 0 Å². The Morgan fingerprint density at radius 3 is 2.57 bits per heavy atom. The van der Waals surface area contributed by atoms with Crippen molar-refractivity contribution in [2.45, 2.75) is 59.0 Å². The number of rotatable bonds is 4. The van der Waals surface area contributed by atoms with Gasteiger partial charge in [0.15, 0.2) is 0 Å². The number of carboxylic acids is 1. The van der Waals surface area contributed by atoms with E-state index < -0.39 is 12.0 Å². The third-order valence-corrected chi connectivity index (χ3v) is 4.25. The molecule has 3 heteroatoms. The van der Waals surface area contributed by atoms with Gasteiger partial charge in [-0.25, -0.2) is 4.79 Å². The zero-order valence-corrected chi connectivity index (χ0v) is 13.6. The lowest BCUT2D eigenvalue weighted by Gasteiger charge is -2.47. The van der Waals surface area contributed by atoms with Crippen molar-refractivity contribution in [3.05, 3.63) is 35.4 Å². The highest BCUT2D eigenvalue weighted by atomic mass is 16.4. The quantitative estimate of drug-likeness (QED) is 0.900. The zero-order valence-electron chi connectivity index (χ0n) is 13.6. The van der Waals surface area contributed by atoms with Crippen LogP contribution in [-0.4, -0.2) is 22.7 Å². The Balaban J connectivity index is 2.66. The molecule has 1 atom stereocenters. The maximum Gasteiger partial charge on any atom is 0.326 e. The predicted molar refractivity (Wildman–Crippen MR) is 87.7 cm³/mol. The van der Waals surface area contributed by atoms with Gasteiger partial charge in [-0.15, -0.1) is 0 Å². The number of hydrogen-bond acceptors (Lipinski definition) is 2. The van der Waals surface area contributed by atoms with E-state index in [0.717, 1.165) is 23.2 Å². The van der Waals surface area contributed by atoms with Crippen LogP contribution < -0.4 is 4.90 Å². The van der Waals surface area contributed by atoms with E-state index in [4.69, 9.17) is 0 Å². The van der Waals surface area contributed by atoms with E-state index in [1.807, 2.05) is 13.0 Å². The number of para-hydroxylation sites is 1. The molecular formula is C18H25NO2. The van der Waals surface area contributed by atoms with Gasteiger partial charge >= 0.3 is 5.97 Å². The normalized spacial score (nSPS) is 18.0. The molecule has 0 saturated heterocycles. The molecule has 3 nitrogen and oxygen atoms in total. The first-order chi connectivity index (χ1) is 9.79. The smallest absolute Gasteiger partial charge is 0.326 e. The number of fused-ring (bicyclic) bond motifs is 1. The number of hydrogen-bond donors (Lipinski definition) is 1. The second kappa shape index (κ2) is 5.55. The van der Waals surface area contributed by atoms with Gasteiger partial charge in [0.1, 0.15) is 6.04 Å². The van der Waals surface area contributed by atoms with Crippen LogP contribution >= 0.6 is 0 Å². The van der Waals surface area contributed by atoms with Crippen molar-refractivity contribution < 1.29 is 9.90 Å². The second-order valence-electron chi connectivity index (χ2n) is 6.46. The fourth-order valence-electron chi connectivity index (χ4n) is 3.46. The van der Waals surface area contributed by atoms with E-state index in [2.05, 4.69) is 50.8 Å². The Morgan fingerprint density at radius 2 is 2.00 bits per heavy atom. The maximum absolute atomic E-state index is 11.8. The number of allylic oxidation sites excluding steroid dienone is 1. The molecule has 0 radical (unpaired) electrons. The number of benzene rings is 1. The minimum absolute atomic E-state index is 0.304. The SMILES string of the molecule is CCC[C@@H](C(=O)O)N1c2c(C)cccc2C(C)=CC1(C)C. The molecule has 21 heavy (non-hydrogen) atoms. The molecular weight excluding hydrogens is 262 g/mol. The van der Waals surface area contributed by atoms with Gasteiger partial charge in [-0.3, -0.25) is 0 Å². The monoisotopic (exact) mass is 287 g/mol. The summed E-state index contributed by atoms with van der Waals surface area (Å²) in [6, 6.07) is 5.69. The van der Waals surface area contributed by atoms with E-state index in [1.54, 1.807) is 0 Å². The molecule has 0 unspecified atom stereocenters. The van der Waals surface area contributed by atoms with Crippen molar-refractivity contribution in [3.63, 3.8) is 0 Å². The molecule has 0 fully saturated rings. The predicted octanol–water partition coefficient (Wildman–Crippen LogP) is 4.25. The highest BCUT2D eigenvalue weighted by Crippen LogP contribution is 2.42. The molecule has 1 aliphatic rings. The summed E-state index contributed by atoms with van der Waals surface area (Å²) >= 11 is 0. The number of aliphatic carboxylic acids is 1. The molecule has 0 amide bonds. The first-order valence-corrected chi connectivity index (χ1v) is 7.61. The van der Waals surface area contributed by atoms with E-state index in [-0.39, 0.29) is 5.54 Å². The summed E-state index contributed by atoms with van der Waals surface area (Å²) in [5, 5.41) is 9.71. The molecule has 0 aromatic heterocycles. The number of nitrogens with zero attached hydrogens (tertiary/aromatic N) is 1. The van der Waals surface area contributed by atoms with Gasteiger partial charge in [0.05, 0.1) is 5.54 Å². The van der Waals surface area contributed by atoms with Crippen LogP contribution in [0.2, 0.25) is 0 Å². The Bertz CT molecular complexity index is 587. The van der Waals surface area contributed by atoms with Gasteiger partial charge in [-0.2, -0.15) is 0 Å². The highest BCUT2D eigenvalue weighted by molar-refractivity contribution is 5.88. The van der Waals surface area contributed by atoms with Crippen LogP contribution in [0.5, 0.6) is 0 Å². The van der Waals surface area contributed by atoms with Gasteiger partial charge < -0.3 is 10.0 Å². The molecule has 114 valence electrons. The zero-order chi connectivity index (χ0) is 15.8. The van der Waals surface area contributed by atoms with Crippen LogP contribution in [0.15, 0.2) is 24.3 Å². The lowest BCUT2D eigenvalue weighted by atomic mass is 9.85. The number of anilines is 1. The average molecular weight is 287 g/mol. The summed E-state index contributed by atoms with van der Waals surface area (Å²) in [6.07, 6.45) is 3.69. The first kappa shape index (κ1) is 15.6. The molecule has 1 heterocycles. The molecule has 1 aliphatic heterocycles. The minimum Gasteiger partial charge on any atom is -0.480 e. The van der Waals surface area contributed by atoms with Crippen LogP contribution in [-0.2, 0) is 4.79 Å². The number of carbonyl (C=O) groups is 1. The molecule has 2 rings (SSSR count). The van der Waals surface area contributed by atoms with E-state index in [0.29, 0.717) is 6.42 Å². The Morgan fingerprint density at radius 1 is 1.33 bits per heavy atom. The number of aryl methyl sites for hydroxylation is 1. The summed E-state index contributed by atoms with van der Waals surface area (Å²) in [7, 11) is 0. The van der Waals surface area contributed by atoms with Gasteiger partial charge in [-0.1, -0.05) is 37.6 Å². The summed E-state index contributed by atoms with van der Waals surface area (Å²) in [5.74, 6) is -0.743. The summed E-state index contributed by atoms with van der Waals surface area (Å²) < 4.78 is 0. The van der Waals surface area contributed by atoms with Crippen LogP contribution in [0.25, 0.3) is 5.57 Å². The van der Waals surface area contributed by atoms with Crippen LogP contribution in [0.4, 0.5) is 5.69 Å². The van der Waals surface area contributed by atoms with Crippen molar-refractivity contribution in [1.82, 2.24) is 0 Å². The maximum atomic E-state index is 11.8. The van der Waals surface area contributed by atoms with Crippen molar-refractivity contribution >= 4 is 17.2 Å². The lowest BCUT2D eigenvalue weighted by molar-refractivity contribution is -0.139. The molecule has 1 N–H and O–H groups in total. The molecule has 0 spiro atoms. The lowest BCUT2D eigenvalue weighted by Crippen LogP contribution is -2.54. The summed E-state index contributed by atoms with van der Waals surface area (Å²) in [4.78, 5) is 13.9. The largest absolute Gasteiger partial charge is 0.480 e. The summed E-state index contributed by atoms with van der Waals surface area (Å²) in [6.45, 7) is 10.4. The Hall–Kier alpha value is -1.77. The standard InChI is InChI=1S/C18H25NO2/c1-6-8-15(17(20)21)19-16-12(2)9-7-10-14(16)13(3)11-18(19,4)5/h7,9-11,15H,6,8H2,1-5H3,(H,20,21)/t15-/m0/s1. The van der Waals surface area contributed by atoms with Crippen LogP contribution in [0.3, 0.4) is 0 Å². The van der Waals surface area contributed by atoms with E-state index in [9.17, 15) is 9.90 Å². The van der Waals surface area contributed by atoms with E-state index in [1.165, 1.54) is 5.57 Å². The third-order valence-electron chi connectivity index (χ3n) is 4.25. The van der Waals surface area contributed by atoms with Gasteiger partial charge in [-0.05, 0) is 45.3 Å². The molecule has 1 aromatic carbocycles. The van der Waals surface area contributed by atoms with Gasteiger partial charge in [0, 0.05) is 11.3 Å². The van der Waals surface area contributed by atoms with Crippen LogP contribution in [0.1, 0.15) is 51.7 Å². The van der Waals surface area contributed by atoms with Crippen molar-refractivity contribution in [2.24, 2.45) is 0 Å². The van der Waals surface area contributed by atoms with E-state index >= 15 is 0 Å². The van der Waals surface area contributed by atoms with Gasteiger partial charge in [0.2, 0.25) is 0 Å².